The molecule has 2 aliphatic heterocycles. The summed E-state index contributed by atoms with van der Waals surface area (Å²) < 4.78 is 14.9. The Morgan fingerprint density at radius 2 is 1.60 bits per heavy atom. The number of hydrogen-bond donors (Lipinski definition) is 0. The van der Waals surface area contributed by atoms with Crippen molar-refractivity contribution in [1.29, 1.82) is 0 Å². The van der Waals surface area contributed by atoms with Gasteiger partial charge in [-0.1, -0.05) is 50.3 Å². The number of rotatable bonds is 4. The topological polar surface area (TPSA) is 57.7 Å². The number of carbonyl (C=O) groups is 3. The molecule has 0 N–H and O–H groups in total. The van der Waals surface area contributed by atoms with Gasteiger partial charge in [-0.3, -0.25) is 19.3 Å². The summed E-state index contributed by atoms with van der Waals surface area (Å²) in [7, 11) is 0. The van der Waals surface area contributed by atoms with E-state index in [2.05, 4.69) is 0 Å². The molecule has 3 amide bonds. The third kappa shape index (κ3) is 3.88. The first-order valence-corrected chi connectivity index (χ1v) is 11.4. The maximum atomic E-state index is 14.9. The molecule has 6 heteroatoms. The van der Waals surface area contributed by atoms with E-state index in [0.717, 1.165) is 57.8 Å². The van der Waals surface area contributed by atoms with Crippen LogP contribution in [0.2, 0.25) is 0 Å². The van der Waals surface area contributed by atoms with Gasteiger partial charge >= 0.3 is 0 Å². The Bertz CT molecular complexity index is 812. The van der Waals surface area contributed by atoms with Gasteiger partial charge in [0, 0.05) is 37.5 Å². The average molecular weight is 415 g/mol. The van der Waals surface area contributed by atoms with Gasteiger partial charge in [-0.25, -0.2) is 4.39 Å². The van der Waals surface area contributed by atoms with Crippen molar-refractivity contribution in [2.24, 2.45) is 0 Å². The van der Waals surface area contributed by atoms with Crippen molar-refractivity contribution in [3.8, 4) is 0 Å². The molecule has 2 saturated heterocycles. The first-order chi connectivity index (χ1) is 14.5. The normalized spacial score (nSPS) is 26.2. The van der Waals surface area contributed by atoms with Crippen LogP contribution in [0.25, 0.3) is 0 Å². The monoisotopic (exact) mass is 414 g/mol. The van der Waals surface area contributed by atoms with E-state index in [0.29, 0.717) is 13.1 Å². The first kappa shape index (κ1) is 21.0. The minimum Gasteiger partial charge on any atom is -0.343 e. The summed E-state index contributed by atoms with van der Waals surface area (Å²) >= 11 is 0. The number of hydrogen-bond acceptors (Lipinski definition) is 3. The summed E-state index contributed by atoms with van der Waals surface area (Å²) in [6.07, 6.45) is 8.49. The number of likely N-dealkylation sites (tertiary alicyclic amines) is 2. The van der Waals surface area contributed by atoms with Crippen LogP contribution < -0.4 is 0 Å². The highest BCUT2D eigenvalue weighted by Crippen LogP contribution is 2.43. The number of carbonyl (C=O) groups excluding carboxylic acids is 3. The zero-order chi connectivity index (χ0) is 21.1. The number of imide groups is 1. The van der Waals surface area contributed by atoms with E-state index in [4.69, 9.17) is 0 Å². The fourth-order valence-corrected chi connectivity index (χ4v) is 5.45. The van der Waals surface area contributed by atoms with Crippen LogP contribution in [-0.4, -0.2) is 46.7 Å². The van der Waals surface area contributed by atoms with E-state index < -0.39 is 11.2 Å². The van der Waals surface area contributed by atoms with Gasteiger partial charge in [0.05, 0.1) is 5.41 Å². The van der Waals surface area contributed by atoms with Crippen molar-refractivity contribution >= 4 is 17.7 Å². The van der Waals surface area contributed by atoms with Crippen LogP contribution in [-0.2, 0) is 19.8 Å². The molecule has 162 valence electrons. The lowest BCUT2D eigenvalue weighted by atomic mass is 9.75. The molecule has 30 heavy (non-hydrogen) atoms. The predicted molar refractivity (Wildman–Crippen MR) is 111 cm³/mol. The van der Waals surface area contributed by atoms with Crippen molar-refractivity contribution in [1.82, 2.24) is 9.80 Å². The van der Waals surface area contributed by atoms with Gasteiger partial charge in [0.25, 0.3) is 0 Å². The average Bonchev–Trinajstić information content (AvgIpc) is 2.93. The molecule has 0 radical (unpaired) electrons. The lowest BCUT2D eigenvalue weighted by Gasteiger charge is -2.33. The van der Waals surface area contributed by atoms with Crippen LogP contribution >= 0.6 is 0 Å². The smallest absolute Gasteiger partial charge is 0.241 e. The minimum atomic E-state index is -1.43. The highest BCUT2D eigenvalue weighted by molar-refractivity contribution is 6.11. The largest absolute Gasteiger partial charge is 0.343 e. The van der Waals surface area contributed by atoms with Gasteiger partial charge in [0.15, 0.2) is 0 Å². The van der Waals surface area contributed by atoms with Gasteiger partial charge < -0.3 is 4.90 Å². The third-order valence-corrected chi connectivity index (χ3v) is 7.09. The molecule has 1 aromatic rings. The van der Waals surface area contributed by atoms with Crippen LogP contribution in [0.1, 0.15) is 76.2 Å². The summed E-state index contributed by atoms with van der Waals surface area (Å²) in [5.74, 6) is -1.31. The molecule has 1 aromatic carbocycles. The lowest BCUT2D eigenvalue weighted by Crippen LogP contribution is -2.47. The van der Waals surface area contributed by atoms with Gasteiger partial charge in [-0.2, -0.15) is 0 Å². The van der Waals surface area contributed by atoms with Gasteiger partial charge in [0.2, 0.25) is 17.7 Å². The van der Waals surface area contributed by atoms with E-state index in [1.165, 1.54) is 11.0 Å². The molecule has 1 aliphatic carbocycles. The number of amides is 3. The summed E-state index contributed by atoms with van der Waals surface area (Å²) in [6.45, 7) is 1.33. The van der Waals surface area contributed by atoms with E-state index in [9.17, 15) is 18.8 Å². The molecule has 4 rings (SSSR count). The zero-order valence-electron chi connectivity index (χ0n) is 17.6. The minimum absolute atomic E-state index is 0.122. The van der Waals surface area contributed by atoms with Crippen LogP contribution in [0.15, 0.2) is 24.3 Å². The standard InChI is InChI=1S/C24H31FN2O3/c25-20-13-7-6-12-19(20)24(16-21(28)26-14-8-1-2-9-15-26)17-22(29)27(23(24)30)18-10-4-3-5-11-18/h6-7,12-13,18H,1-5,8-11,14-17H2/t24-/m1/s1. The molecule has 5 nitrogen and oxygen atoms in total. The molecule has 1 saturated carbocycles. The van der Waals surface area contributed by atoms with Crippen LogP contribution in [0, 0.1) is 5.82 Å². The van der Waals surface area contributed by atoms with E-state index in [1.54, 1.807) is 23.1 Å². The highest BCUT2D eigenvalue weighted by Gasteiger charge is 2.56. The van der Waals surface area contributed by atoms with E-state index >= 15 is 0 Å². The summed E-state index contributed by atoms with van der Waals surface area (Å²) in [5.41, 5.74) is -1.24. The second-order valence-electron chi connectivity index (χ2n) is 9.07. The Morgan fingerprint density at radius 1 is 0.967 bits per heavy atom. The molecule has 0 unspecified atom stereocenters. The Balaban J connectivity index is 1.68. The highest BCUT2D eigenvalue weighted by atomic mass is 19.1. The molecule has 0 spiro atoms. The Kier molecular flexibility index (Phi) is 6.21. The molecule has 1 atom stereocenters. The van der Waals surface area contributed by atoms with Gasteiger partial charge in [0.1, 0.15) is 5.82 Å². The molecular weight excluding hydrogens is 383 g/mol. The van der Waals surface area contributed by atoms with Crippen molar-refractivity contribution in [3.05, 3.63) is 35.6 Å². The zero-order valence-corrected chi connectivity index (χ0v) is 17.6. The fourth-order valence-electron chi connectivity index (χ4n) is 5.45. The molecule has 2 heterocycles. The predicted octanol–water partition coefficient (Wildman–Crippen LogP) is 3.95. The maximum Gasteiger partial charge on any atom is 0.241 e. The third-order valence-electron chi connectivity index (χ3n) is 7.09. The number of nitrogens with zero attached hydrogens (tertiary/aromatic N) is 2. The summed E-state index contributed by atoms with van der Waals surface area (Å²) in [5, 5.41) is 0. The van der Waals surface area contributed by atoms with Crippen LogP contribution in [0.5, 0.6) is 0 Å². The molecular formula is C24H31FN2O3. The number of halogens is 1. The van der Waals surface area contributed by atoms with E-state index in [-0.39, 0.29) is 42.2 Å². The first-order valence-electron chi connectivity index (χ1n) is 11.4. The fraction of sp³-hybridized carbons (Fsp3) is 0.625. The van der Waals surface area contributed by atoms with Gasteiger partial charge in [-0.15, -0.1) is 0 Å². The molecule has 0 bridgehead atoms. The molecule has 3 aliphatic rings. The lowest BCUT2D eigenvalue weighted by molar-refractivity contribution is -0.145. The van der Waals surface area contributed by atoms with Crippen molar-refractivity contribution in [3.63, 3.8) is 0 Å². The van der Waals surface area contributed by atoms with Crippen molar-refractivity contribution < 1.29 is 18.8 Å². The molecule has 3 fully saturated rings. The van der Waals surface area contributed by atoms with Crippen molar-refractivity contribution in [2.75, 3.05) is 13.1 Å². The Labute approximate surface area is 177 Å². The summed E-state index contributed by atoms with van der Waals surface area (Å²) in [6, 6.07) is 6.01. The maximum absolute atomic E-state index is 14.9. The summed E-state index contributed by atoms with van der Waals surface area (Å²) in [4.78, 5) is 43.2. The van der Waals surface area contributed by atoms with Gasteiger partial charge in [-0.05, 0) is 31.7 Å². The van der Waals surface area contributed by atoms with Crippen LogP contribution in [0.4, 0.5) is 4.39 Å². The second kappa shape index (κ2) is 8.86. The second-order valence-corrected chi connectivity index (χ2v) is 9.07. The van der Waals surface area contributed by atoms with Crippen molar-refractivity contribution in [2.45, 2.75) is 82.1 Å². The Hall–Kier alpha value is -2.24. The van der Waals surface area contributed by atoms with Crippen LogP contribution in [0.3, 0.4) is 0 Å². The molecule has 0 aromatic heterocycles. The Morgan fingerprint density at radius 3 is 2.27 bits per heavy atom. The number of benzene rings is 1. The quantitative estimate of drug-likeness (QED) is 0.701. The van der Waals surface area contributed by atoms with E-state index in [1.807, 2.05) is 0 Å². The SMILES string of the molecule is O=C(C[C@]1(c2ccccc2F)CC(=O)N(C2CCCCC2)C1=O)N1CCCCCC1.